The molecule has 0 radical (unpaired) electrons. The van der Waals surface area contributed by atoms with Gasteiger partial charge in [-0.05, 0) is 49.6 Å². The quantitative estimate of drug-likeness (QED) is 0.776. The van der Waals surface area contributed by atoms with E-state index in [9.17, 15) is 0 Å². The molecule has 1 aromatic heterocycles. The first-order valence-electron chi connectivity index (χ1n) is 5.96. The predicted molar refractivity (Wildman–Crippen MR) is 77.5 cm³/mol. The van der Waals surface area contributed by atoms with Crippen molar-refractivity contribution in [2.45, 2.75) is 13.8 Å². The van der Waals surface area contributed by atoms with Crippen molar-refractivity contribution >= 4 is 11.6 Å². The van der Waals surface area contributed by atoms with Crippen molar-refractivity contribution in [1.29, 1.82) is 0 Å². The summed E-state index contributed by atoms with van der Waals surface area (Å²) in [4.78, 5) is 4.29. The van der Waals surface area contributed by atoms with E-state index in [0.29, 0.717) is 17.4 Å². The second-order valence-electron chi connectivity index (χ2n) is 4.19. The van der Waals surface area contributed by atoms with Crippen LogP contribution in [0.5, 0.6) is 5.75 Å². The molecule has 0 atom stereocenters. The molecule has 19 heavy (non-hydrogen) atoms. The first-order chi connectivity index (χ1) is 9.15. The smallest absolute Gasteiger partial charge is 0.149 e. The molecular formula is C16H14ClNO. The molecule has 0 saturated heterocycles. The van der Waals surface area contributed by atoms with Gasteiger partial charge in [-0.15, -0.1) is 0 Å². The summed E-state index contributed by atoms with van der Waals surface area (Å²) in [6.45, 7) is 4.22. The van der Waals surface area contributed by atoms with Gasteiger partial charge >= 0.3 is 0 Å². The largest absolute Gasteiger partial charge is 0.479 e. The average Bonchev–Trinajstić information content (AvgIpc) is 2.39. The average molecular weight is 272 g/mol. The van der Waals surface area contributed by atoms with Gasteiger partial charge in [-0.1, -0.05) is 29.7 Å². The summed E-state index contributed by atoms with van der Waals surface area (Å²) in [5.74, 6) is 6.55. The summed E-state index contributed by atoms with van der Waals surface area (Å²) < 4.78 is 5.54. The van der Waals surface area contributed by atoms with E-state index in [1.807, 2.05) is 50.2 Å². The van der Waals surface area contributed by atoms with Crippen LogP contribution in [-0.2, 0) is 0 Å². The summed E-state index contributed by atoms with van der Waals surface area (Å²) in [5.41, 5.74) is 2.81. The third-order valence-corrected chi connectivity index (χ3v) is 2.80. The van der Waals surface area contributed by atoms with Crippen LogP contribution >= 0.6 is 11.6 Å². The van der Waals surface area contributed by atoms with Gasteiger partial charge < -0.3 is 4.74 Å². The fourth-order valence-corrected chi connectivity index (χ4v) is 1.75. The standard InChI is InChI=1S/C16H14ClNO/c1-12-8-9-15(17)16(11-12)19-10-4-7-14-6-3-5-13(2)18-14/h3,5-6,8-9,11H,10H2,1-2H3. The van der Waals surface area contributed by atoms with Crippen LogP contribution < -0.4 is 4.74 Å². The Morgan fingerprint density at radius 2 is 2.05 bits per heavy atom. The highest BCUT2D eigenvalue weighted by atomic mass is 35.5. The summed E-state index contributed by atoms with van der Waals surface area (Å²) >= 11 is 6.03. The number of halogens is 1. The number of benzene rings is 1. The molecule has 0 spiro atoms. The van der Waals surface area contributed by atoms with Crippen molar-refractivity contribution < 1.29 is 4.74 Å². The molecular weight excluding hydrogens is 258 g/mol. The number of hydrogen-bond acceptors (Lipinski definition) is 2. The maximum absolute atomic E-state index is 6.03. The van der Waals surface area contributed by atoms with Crippen molar-refractivity contribution in [2.24, 2.45) is 0 Å². The normalized spacial score (nSPS) is 9.63. The molecule has 0 amide bonds. The molecule has 2 aromatic rings. The Kier molecular flexibility index (Phi) is 4.43. The van der Waals surface area contributed by atoms with E-state index in [4.69, 9.17) is 16.3 Å². The fraction of sp³-hybridized carbons (Fsp3) is 0.188. The third-order valence-electron chi connectivity index (χ3n) is 2.49. The molecule has 0 N–H and O–H groups in total. The van der Waals surface area contributed by atoms with Crippen molar-refractivity contribution in [3.63, 3.8) is 0 Å². The van der Waals surface area contributed by atoms with Crippen molar-refractivity contribution in [1.82, 2.24) is 4.98 Å². The molecule has 0 aliphatic carbocycles. The Bertz CT molecular complexity index is 641. The Morgan fingerprint density at radius 1 is 1.21 bits per heavy atom. The van der Waals surface area contributed by atoms with Crippen LogP contribution in [-0.4, -0.2) is 11.6 Å². The molecule has 2 nitrogen and oxygen atoms in total. The molecule has 0 bridgehead atoms. The van der Waals surface area contributed by atoms with Gasteiger partial charge in [-0.2, -0.15) is 0 Å². The highest BCUT2D eigenvalue weighted by Gasteiger charge is 1.99. The predicted octanol–water partition coefficient (Wildman–Crippen LogP) is 3.78. The van der Waals surface area contributed by atoms with Crippen LogP contribution in [0, 0.1) is 25.7 Å². The van der Waals surface area contributed by atoms with Gasteiger partial charge in [0.25, 0.3) is 0 Å². The Labute approximate surface area is 118 Å². The van der Waals surface area contributed by atoms with Crippen molar-refractivity contribution in [2.75, 3.05) is 6.61 Å². The molecule has 3 heteroatoms. The van der Waals surface area contributed by atoms with E-state index in [2.05, 4.69) is 16.8 Å². The number of rotatable bonds is 2. The minimum absolute atomic E-state index is 0.290. The zero-order valence-electron chi connectivity index (χ0n) is 10.9. The van der Waals surface area contributed by atoms with E-state index >= 15 is 0 Å². The van der Waals surface area contributed by atoms with Crippen LogP contribution in [0.4, 0.5) is 0 Å². The second-order valence-corrected chi connectivity index (χ2v) is 4.60. The third kappa shape index (κ3) is 4.01. The Morgan fingerprint density at radius 3 is 2.84 bits per heavy atom. The monoisotopic (exact) mass is 271 g/mol. The maximum Gasteiger partial charge on any atom is 0.149 e. The number of ether oxygens (including phenoxy) is 1. The first kappa shape index (κ1) is 13.5. The molecule has 0 aliphatic heterocycles. The molecule has 1 heterocycles. The first-order valence-corrected chi connectivity index (χ1v) is 6.34. The SMILES string of the molecule is Cc1ccc(Cl)c(OCC#Cc2cccc(C)n2)c1. The summed E-state index contributed by atoms with van der Waals surface area (Å²) in [5, 5.41) is 0.598. The Hall–Kier alpha value is -1.98. The van der Waals surface area contributed by atoms with E-state index in [-0.39, 0.29) is 0 Å². The highest BCUT2D eigenvalue weighted by molar-refractivity contribution is 6.32. The van der Waals surface area contributed by atoms with E-state index < -0.39 is 0 Å². The van der Waals surface area contributed by atoms with E-state index in [1.54, 1.807) is 0 Å². The summed E-state index contributed by atoms with van der Waals surface area (Å²) in [7, 11) is 0. The van der Waals surface area contributed by atoms with Crippen LogP contribution in [0.3, 0.4) is 0 Å². The van der Waals surface area contributed by atoms with Crippen LogP contribution in [0.1, 0.15) is 17.0 Å². The lowest BCUT2D eigenvalue weighted by atomic mass is 10.2. The van der Waals surface area contributed by atoms with Gasteiger partial charge in [0, 0.05) is 5.69 Å². The van der Waals surface area contributed by atoms with Gasteiger partial charge in [0.1, 0.15) is 18.1 Å². The summed E-state index contributed by atoms with van der Waals surface area (Å²) in [6.07, 6.45) is 0. The van der Waals surface area contributed by atoms with Crippen LogP contribution in [0.2, 0.25) is 5.02 Å². The Balaban J connectivity index is 1.99. The fourth-order valence-electron chi connectivity index (χ4n) is 1.57. The molecule has 96 valence electrons. The minimum Gasteiger partial charge on any atom is -0.479 e. The van der Waals surface area contributed by atoms with Crippen molar-refractivity contribution in [3.8, 4) is 17.6 Å². The number of aromatic nitrogens is 1. The van der Waals surface area contributed by atoms with Crippen LogP contribution in [0.15, 0.2) is 36.4 Å². The zero-order chi connectivity index (χ0) is 13.7. The van der Waals surface area contributed by atoms with Gasteiger partial charge in [0.2, 0.25) is 0 Å². The molecule has 0 unspecified atom stereocenters. The minimum atomic E-state index is 0.290. The van der Waals surface area contributed by atoms with Gasteiger partial charge in [-0.3, -0.25) is 0 Å². The topological polar surface area (TPSA) is 22.1 Å². The molecule has 0 saturated carbocycles. The molecule has 0 aliphatic rings. The number of nitrogens with zero attached hydrogens (tertiary/aromatic N) is 1. The molecule has 0 fully saturated rings. The summed E-state index contributed by atoms with van der Waals surface area (Å²) in [6, 6.07) is 11.4. The number of pyridine rings is 1. The number of aryl methyl sites for hydroxylation is 2. The van der Waals surface area contributed by atoms with Crippen LogP contribution in [0.25, 0.3) is 0 Å². The number of hydrogen-bond donors (Lipinski definition) is 0. The second kappa shape index (κ2) is 6.26. The lowest BCUT2D eigenvalue weighted by Crippen LogP contribution is -1.95. The lowest BCUT2D eigenvalue weighted by Gasteiger charge is -2.05. The van der Waals surface area contributed by atoms with E-state index in [0.717, 1.165) is 17.0 Å². The van der Waals surface area contributed by atoms with Gasteiger partial charge in [-0.25, -0.2) is 4.98 Å². The zero-order valence-corrected chi connectivity index (χ0v) is 11.7. The molecule has 1 aromatic carbocycles. The lowest BCUT2D eigenvalue weighted by molar-refractivity contribution is 0.370. The van der Waals surface area contributed by atoms with Crippen molar-refractivity contribution in [3.05, 3.63) is 58.4 Å². The highest BCUT2D eigenvalue weighted by Crippen LogP contribution is 2.24. The van der Waals surface area contributed by atoms with E-state index in [1.165, 1.54) is 0 Å². The maximum atomic E-state index is 6.03. The van der Waals surface area contributed by atoms with Gasteiger partial charge in [0.05, 0.1) is 5.02 Å². The molecule has 2 rings (SSSR count). The van der Waals surface area contributed by atoms with Gasteiger partial charge in [0.15, 0.2) is 0 Å².